The Balaban J connectivity index is 2.11. The van der Waals surface area contributed by atoms with Crippen molar-refractivity contribution in [3.05, 3.63) is 20.5 Å². The Bertz CT molecular complexity index is 624. The molecule has 0 unspecified atom stereocenters. The molecule has 0 amide bonds. The highest BCUT2D eigenvalue weighted by Gasteiger charge is 2.42. The average molecular weight is 341 g/mol. The molecule has 0 spiro atoms. The summed E-state index contributed by atoms with van der Waals surface area (Å²) in [5.41, 5.74) is -0.581. The van der Waals surface area contributed by atoms with Gasteiger partial charge in [0.2, 0.25) is 10.0 Å². The minimum absolute atomic E-state index is 0.0119. The van der Waals surface area contributed by atoms with E-state index in [0.717, 1.165) is 18.9 Å². The lowest BCUT2D eigenvalue weighted by atomic mass is 10.0. The van der Waals surface area contributed by atoms with Crippen LogP contribution in [-0.2, 0) is 10.0 Å². The Morgan fingerprint density at radius 2 is 2.20 bits per heavy atom. The van der Waals surface area contributed by atoms with Crippen molar-refractivity contribution in [2.75, 3.05) is 13.2 Å². The summed E-state index contributed by atoms with van der Waals surface area (Å²) >= 11 is 6.31. The molecule has 20 heavy (non-hydrogen) atoms. The number of sulfonamides is 1. The molecular weight excluding hydrogens is 328 g/mol. The van der Waals surface area contributed by atoms with Crippen LogP contribution in [-0.4, -0.2) is 31.6 Å². The topological polar surface area (TPSA) is 110 Å². The second-order valence-electron chi connectivity index (χ2n) is 4.78. The first kappa shape index (κ1) is 15.6. The van der Waals surface area contributed by atoms with E-state index in [2.05, 4.69) is 4.72 Å². The van der Waals surface area contributed by atoms with Crippen LogP contribution in [0.25, 0.3) is 0 Å². The maximum absolute atomic E-state index is 12.1. The van der Waals surface area contributed by atoms with Gasteiger partial charge in [0.15, 0.2) is 4.34 Å². The highest BCUT2D eigenvalue weighted by molar-refractivity contribution is 7.91. The first-order valence-electron chi connectivity index (χ1n) is 5.84. The lowest BCUT2D eigenvalue weighted by Crippen LogP contribution is -2.30. The third kappa shape index (κ3) is 3.29. The number of rotatable bonds is 7. The Hall–Kier alpha value is -0.740. The van der Waals surface area contributed by atoms with Crippen molar-refractivity contribution in [2.24, 2.45) is 5.41 Å². The van der Waals surface area contributed by atoms with E-state index in [1.165, 1.54) is 0 Å². The van der Waals surface area contributed by atoms with Gasteiger partial charge in [-0.1, -0.05) is 11.6 Å². The van der Waals surface area contributed by atoms with Gasteiger partial charge in [0.1, 0.15) is 4.21 Å². The molecule has 7 nitrogen and oxygen atoms in total. The number of aliphatic hydroxyl groups is 1. The van der Waals surface area contributed by atoms with Gasteiger partial charge < -0.3 is 5.11 Å². The molecule has 0 radical (unpaired) electrons. The molecule has 2 rings (SSSR count). The second-order valence-corrected chi connectivity index (χ2v) is 8.43. The predicted octanol–water partition coefficient (Wildman–Crippen LogP) is 1.75. The number of hydrogen-bond acceptors (Lipinski definition) is 6. The van der Waals surface area contributed by atoms with E-state index in [1.54, 1.807) is 0 Å². The third-order valence-corrected chi connectivity index (χ3v) is 6.56. The quantitative estimate of drug-likeness (QED) is 0.580. The lowest BCUT2D eigenvalue weighted by molar-refractivity contribution is -0.384. The van der Waals surface area contributed by atoms with Crippen molar-refractivity contribution in [3.63, 3.8) is 0 Å². The van der Waals surface area contributed by atoms with Gasteiger partial charge in [0, 0.05) is 19.2 Å². The van der Waals surface area contributed by atoms with Crippen LogP contribution in [0.4, 0.5) is 5.69 Å². The monoisotopic (exact) mass is 340 g/mol. The SMILES string of the molecule is O=[N+]([O-])c1cc(S(=O)(=O)NCC2(CCO)CC2)sc1Cl. The zero-order valence-electron chi connectivity index (χ0n) is 10.3. The summed E-state index contributed by atoms with van der Waals surface area (Å²) in [4.78, 5) is 9.94. The molecule has 1 aliphatic rings. The molecular formula is C10H13ClN2O5S2. The van der Waals surface area contributed by atoms with E-state index in [4.69, 9.17) is 16.7 Å². The number of hydrogen-bond donors (Lipinski definition) is 2. The number of nitrogens with zero attached hydrogens (tertiary/aromatic N) is 1. The Labute approximate surface area is 124 Å². The number of thiophene rings is 1. The van der Waals surface area contributed by atoms with Gasteiger partial charge in [-0.05, 0) is 24.7 Å². The van der Waals surface area contributed by atoms with Gasteiger partial charge in [-0.25, -0.2) is 13.1 Å². The van der Waals surface area contributed by atoms with Crippen molar-refractivity contribution in [1.82, 2.24) is 4.72 Å². The normalized spacial score (nSPS) is 17.1. The molecule has 0 saturated heterocycles. The molecule has 112 valence electrons. The number of nitro groups is 1. The molecule has 1 aromatic rings. The Morgan fingerprint density at radius 1 is 1.55 bits per heavy atom. The average Bonchev–Trinajstić information content (AvgIpc) is 3.00. The molecule has 0 aliphatic heterocycles. The fraction of sp³-hybridized carbons (Fsp3) is 0.600. The predicted molar refractivity (Wildman–Crippen MR) is 74.5 cm³/mol. The number of aliphatic hydroxyl groups excluding tert-OH is 1. The van der Waals surface area contributed by atoms with Crippen LogP contribution in [0, 0.1) is 15.5 Å². The maximum Gasteiger partial charge on any atom is 0.300 e. The minimum Gasteiger partial charge on any atom is -0.396 e. The van der Waals surface area contributed by atoms with Gasteiger partial charge in [0.05, 0.1) is 4.92 Å². The van der Waals surface area contributed by atoms with Crippen LogP contribution < -0.4 is 4.72 Å². The third-order valence-electron chi connectivity index (χ3n) is 3.34. The molecule has 0 atom stereocenters. The van der Waals surface area contributed by atoms with Gasteiger partial charge >= 0.3 is 0 Å². The molecule has 10 heteroatoms. The smallest absolute Gasteiger partial charge is 0.300 e. The van der Waals surface area contributed by atoms with Crippen molar-refractivity contribution in [3.8, 4) is 0 Å². The summed E-state index contributed by atoms with van der Waals surface area (Å²) in [7, 11) is -3.81. The first-order valence-corrected chi connectivity index (χ1v) is 8.52. The largest absolute Gasteiger partial charge is 0.396 e. The maximum atomic E-state index is 12.1. The second kappa shape index (κ2) is 5.57. The van der Waals surface area contributed by atoms with Gasteiger partial charge in [-0.3, -0.25) is 10.1 Å². The molecule has 1 aromatic heterocycles. The van der Waals surface area contributed by atoms with Gasteiger partial charge in [-0.2, -0.15) is 0 Å². The van der Waals surface area contributed by atoms with Gasteiger partial charge in [0.25, 0.3) is 5.69 Å². The fourth-order valence-corrected chi connectivity index (χ4v) is 4.71. The summed E-state index contributed by atoms with van der Waals surface area (Å²) in [6, 6.07) is 0.959. The zero-order valence-corrected chi connectivity index (χ0v) is 12.7. The summed E-state index contributed by atoms with van der Waals surface area (Å²) in [6.45, 7) is 0.233. The number of halogens is 1. The van der Waals surface area contributed by atoms with E-state index < -0.39 is 20.6 Å². The molecule has 0 bridgehead atoms. The van der Waals surface area contributed by atoms with Crippen molar-refractivity contribution in [2.45, 2.75) is 23.5 Å². The molecule has 2 N–H and O–H groups in total. The molecule has 1 aliphatic carbocycles. The molecule has 1 saturated carbocycles. The highest BCUT2D eigenvalue weighted by Crippen LogP contribution is 2.48. The summed E-state index contributed by atoms with van der Waals surface area (Å²) in [5, 5.41) is 19.6. The first-order chi connectivity index (χ1) is 9.30. The van der Waals surface area contributed by atoms with E-state index >= 15 is 0 Å². The molecule has 1 fully saturated rings. The Morgan fingerprint density at radius 3 is 2.65 bits per heavy atom. The summed E-state index contributed by atoms with van der Waals surface area (Å²) < 4.78 is 26.2. The van der Waals surface area contributed by atoms with Crippen LogP contribution in [0.15, 0.2) is 10.3 Å². The molecule has 1 heterocycles. The van der Waals surface area contributed by atoms with E-state index in [0.29, 0.717) is 17.8 Å². The summed E-state index contributed by atoms with van der Waals surface area (Å²) in [5.74, 6) is 0. The summed E-state index contributed by atoms with van der Waals surface area (Å²) in [6.07, 6.45) is 2.27. The van der Waals surface area contributed by atoms with Crippen LogP contribution in [0.2, 0.25) is 4.34 Å². The lowest BCUT2D eigenvalue weighted by Gasteiger charge is -2.13. The number of nitrogens with one attached hydrogen (secondary N) is 1. The van der Waals surface area contributed by atoms with Crippen LogP contribution >= 0.6 is 22.9 Å². The highest BCUT2D eigenvalue weighted by atomic mass is 35.5. The Kier molecular flexibility index (Phi) is 4.35. The van der Waals surface area contributed by atoms with Crippen LogP contribution in [0.3, 0.4) is 0 Å². The van der Waals surface area contributed by atoms with Crippen LogP contribution in [0.1, 0.15) is 19.3 Å². The molecule has 0 aromatic carbocycles. The fourth-order valence-electron chi connectivity index (χ4n) is 1.84. The minimum atomic E-state index is -3.81. The van der Waals surface area contributed by atoms with Gasteiger partial charge in [-0.15, -0.1) is 11.3 Å². The van der Waals surface area contributed by atoms with Crippen LogP contribution in [0.5, 0.6) is 0 Å². The standard InChI is InChI=1S/C10H13ClN2O5S2/c11-9-7(13(15)16)5-8(19-9)20(17,18)12-6-10(1-2-10)3-4-14/h5,12,14H,1-4,6H2. The zero-order chi connectivity index (χ0) is 15.0. The van der Waals surface area contributed by atoms with E-state index in [1.807, 2.05) is 0 Å². The van der Waals surface area contributed by atoms with E-state index in [-0.39, 0.29) is 27.1 Å². The van der Waals surface area contributed by atoms with Crippen molar-refractivity contribution < 1.29 is 18.4 Å². The van der Waals surface area contributed by atoms with Crippen molar-refractivity contribution >= 4 is 38.6 Å². The van der Waals surface area contributed by atoms with Crippen molar-refractivity contribution in [1.29, 1.82) is 0 Å². The van der Waals surface area contributed by atoms with E-state index in [9.17, 15) is 18.5 Å².